The molecule has 0 bridgehead atoms. The number of ketones is 1. The van der Waals surface area contributed by atoms with Gasteiger partial charge in [-0.2, -0.15) is 0 Å². The lowest BCUT2D eigenvalue weighted by Crippen LogP contribution is -2.43. The largest absolute Gasteiger partial charge is 0.316 e. The maximum atomic E-state index is 12.3. The van der Waals surface area contributed by atoms with Gasteiger partial charge in [-0.25, -0.2) is 8.42 Å². The SMILES string of the molecule is CCCS(=O)(=O)CCC(=O)C(C)(C)C1CCCNC1. The molecule has 1 aliphatic heterocycles. The fourth-order valence-electron chi connectivity index (χ4n) is 2.68. The third kappa shape index (κ3) is 4.88. The lowest BCUT2D eigenvalue weighted by molar-refractivity contribution is -0.129. The van der Waals surface area contributed by atoms with Gasteiger partial charge in [0, 0.05) is 17.6 Å². The van der Waals surface area contributed by atoms with E-state index in [2.05, 4.69) is 5.32 Å². The van der Waals surface area contributed by atoms with Crippen LogP contribution >= 0.6 is 0 Å². The lowest BCUT2D eigenvalue weighted by atomic mass is 9.71. The molecule has 0 radical (unpaired) electrons. The zero-order valence-electron chi connectivity index (χ0n) is 12.4. The van der Waals surface area contributed by atoms with Crippen molar-refractivity contribution in [1.82, 2.24) is 5.32 Å². The first kappa shape index (κ1) is 16.6. The summed E-state index contributed by atoms with van der Waals surface area (Å²) in [5.74, 6) is 0.595. The number of sulfone groups is 1. The number of rotatable bonds is 7. The first-order valence-electron chi connectivity index (χ1n) is 7.24. The summed E-state index contributed by atoms with van der Waals surface area (Å²) in [4.78, 5) is 12.3. The first-order valence-corrected chi connectivity index (χ1v) is 9.06. The summed E-state index contributed by atoms with van der Waals surface area (Å²) in [7, 11) is -3.05. The summed E-state index contributed by atoms with van der Waals surface area (Å²) in [5.41, 5.74) is -0.421. The molecular weight excluding hydrogens is 262 g/mol. The number of piperidine rings is 1. The third-order valence-electron chi connectivity index (χ3n) is 4.19. The molecule has 0 aliphatic carbocycles. The molecule has 1 heterocycles. The van der Waals surface area contributed by atoms with Crippen molar-refractivity contribution in [3.05, 3.63) is 0 Å². The Labute approximate surface area is 117 Å². The highest BCUT2D eigenvalue weighted by molar-refractivity contribution is 7.91. The molecule has 1 rings (SSSR count). The molecular formula is C14H27NO3S. The molecule has 1 aliphatic rings. The molecule has 0 saturated carbocycles. The second kappa shape index (κ2) is 6.84. The Morgan fingerprint density at radius 2 is 2.00 bits per heavy atom. The van der Waals surface area contributed by atoms with Gasteiger partial charge in [0.05, 0.1) is 5.75 Å². The predicted molar refractivity (Wildman–Crippen MR) is 77.9 cm³/mol. The smallest absolute Gasteiger partial charge is 0.150 e. The average Bonchev–Trinajstić information content (AvgIpc) is 2.37. The van der Waals surface area contributed by atoms with Gasteiger partial charge in [-0.3, -0.25) is 4.79 Å². The molecule has 112 valence electrons. The fourth-order valence-corrected chi connectivity index (χ4v) is 4.00. The van der Waals surface area contributed by atoms with Crippen LogP contribution in [0.3, 0.4) is 0 Å². The minimum absolute atomic E-state index is 0.00323. The molecule has 0 aromatic carbocycles. The van der Waals surface area contributed by atoms with Crippen molar-refractivity contribution in [2.75, 3.05) is 24.6 Å². The highest BCUT2D eigenvalue weighted by Gasteiger charge is 2.36. The standard InChI is InChI=1S/C14H27NO3S/c1-4-9-19(17,18)10-7-13(16)14(2,3)12-6-5-8-15-11-12/h12,15H,4-11H2,1-3H3. The van der Waals surface area contributed by atoms with Crippen LogP contribution < -0.4 is 5.32 Å². The normalized spacial score (nSPS) is 21.3. The topological polar surface area (TPSA) is 63.2 Å². The van der Waals surface area contributed by atoms with E-state index in [4.69, 9.17) is 0 Å². The van der Waals surface area contributed by atoms with Gasteiger partial charge in [0.2, 0.25) is 0 Å². The predicted octanol–water partition coefficient (Wildman–Crippen LogP) is 1.80. The number of hydrogen-bond donors (Lipinski definition) is 1. The number of Topliss-reactive ketones (excluding diaryl/α,β-unsaturated/α-hetero) is 1. The molecule has 1 saturated heterocycles. The molecule has 19 heavy (non-hydrogen) atoms. The van der Waals surface area contributed by atoms with Gasteiger partial charge in [-0.1, -0.05) is 20.8 Å². The van der Waals surface area contributed by atoms with Gasteiger partial charge in [0.15, 0.2) is 9.84 Å². The molecule has 4 nitrogen and oxygen atoms in total. The van der Waals surface area contributed by atoms with E-state index in [0.29, 0.717) is 12.3 Å². The number of carbonyl (C=O) groups excluding carboxylic acids is 1. The van der Waals surface area contributed by atoms with Crippen molar-refractivity contribution in [2.45, 2.75) is 46.5 Å². The summed E-state index contributed by atoms with van der Waals surface area (Å²) in [6.07, 6.45) is 2.92. The van der Waals surface area contributed by atoms with Crippen LogP contribution in [0.15, 0.2) is 0 Å². The van der Waals surface area contributed by atoms with E-state index < -0.39 is 15.3 Å². The van der Waals surface area contributed by atoms with Crippen LogP contribution in [0.25, 0.3) is 0 Å². The lowest BCUT2D eigenvalue weighted by Gasteiger charge is -2.36. The molecule has 0 amide bonds. The highest BCUT2D eigenvalue weighted by atomic mass is 32.2. The van der Waals surface area contributed by atoms with E-state index in [1.54, 1.807) is 0 Å². The summed E-state index contributed by atoms with van der Waals surface area (Å²) in [5, 5.41) is 3.32. The maximum absolute atomic E-state index is 12.3. The van der Waals surface area contributed by atoms with Crippen molar-refractivity contribution in [1.29, 1.82) is 0 Å². The number of nitrogens with one attached hydrogen (secondary N) is 1. The van der Waals surface area contributed by atoms with Crippen LogP contribution in [0.4, 0.5) is 0 Å². The average molecular weight is 289 g/mol. The molecule has 0 aromatic rings. The number of hydrogen-bond acceptors (Lipinski definition) is 4. The van der Waals surface area contributed by atoms with Crippen molar-refractivity contribution >= 4 is 15.6 Å². The van der Waals surface area contributed by atoms with E-state index in [9.17, 15) is 13.2 Å². The van der Waals surface area contributed by atoms with Crippen LogP contribution in [0.5, 0.6) is 0 Å². The van der Waals surface area contributed by atoms with Crippen molar-refractivity contribution in [3.8, 4) is 0 Å². The van der Waals surface area contributed by atoms with E-state index in [1.165, 1.54) is 0 Å². The molecule has 1 unspecified atom stereocenters. The van der Waals surface area contributed by atoms with Crippen LogP contribution in [0.2, 0.25) is 0 Å². The molecule has 5 heteroatoms. The number of carbonyl (C=O) groups is 1. The van der Waals surface area contributed by atoms with Crippen LogP contribution in [-0.4, -0.2) is 38.8 Å². The quantitative estimate of drug-likeness (QED) is 0.776. The Hall–Kier alpha value is -0.420. The molecule has 1 fully saturated rings. The van der Waals surface area contributed by atoms with E-state index in [0.717, 1.165) is 25.9 Å². The van der Waals surface area contributed by atoms with Crippen LogP contribution in [0, 0.1) is 11.3 Å². The summed E-state index contributed by atoms with van der Waals surface area (Å²) < 4.78 is 23.3. The summed E-state index contributed by atoms with van der Waals surface area (Å²) in [6, 6.07) is 0. The minimum Gasteiger partial charge on any atom is -0.316 e. The van der Waals surface area contributed by atoms with Crippen molar-refractivity contribution < 1.29 is 13.2 Å². The molecule has 0 aromatic heterocycles. The van der Waals surface area contributed by atoms with Gasteiger partial charge in [-0.15, -0.1) is 0 Å². The van der Waals surface area contributed by atoms with E-state index in [-0.39, 0.29) is 23.7 Å². The minimum atomic E-state index is -3.05. The molecule has 0 spiro atoms. The zero-order chi connectivity index (χ0) is 14.5. The van der Waals surface area contributed by atoms with Gasteiger partial charge >= 0.3 is 0 Å². The fraction of sp³-hybridized carbons (Fsp3) is 0.929. The maximum Gasteiger partial charge on any atom is 0.150 e. The second-order valence-corrected chi connectivity index (χ2v) is 8.39. The Morgan fingerprint density at radius 1 is 1.32 bits per heavy atom. The first-order chi connectivity index (χ1) is 8.79. The molecule has 1 atom stereocenters. The van der Waals surface area contributed by atoms with Gasteiger partial charge < -0.3 is 5.32 Å². The Morgan fingerprint density at radius 3 is 2.53 bits per heavy atom. The third-order valence-corrected chi connectivity index (χ3v) is 6.05. The molecule has 1 N–H and O–H groups in total. The monoisotopic (exact) mass is 289 g/mol. The van der Waals surface area contributed by atoms with Crippen LogP contribution in [-0.2, 0) is 14.6 Å². The van der Waals surface area contributed by atoms with E-state index >= 15 is 0 Å². The Bertz CT molecular complexity index is 395. The second-order valence-electron chi connectivity index (χ2n) is 6.09. The highest BCUT2D eigenvalue weighted by Crippen LogP contribution is 2.33. The zero-order valence-corrected chi connectivity index (χ0v) is 13.2. The van der Waals surface area contributed by atoms with Gasteiger partial charge in [-0.05, 0) is 38.3 Å². The summed E-state index contributed by atoms with van der Waals surface area (Å²) in [6.45, 7) is 7.64. The Kier molecular flexibility index (Phi) is 5.99. The van der Waals surface area contributed by atoms with Crippen LogP contribution in [0.1, 0.15) is 46.5 Å². The van der Waals surface area contributed by atoms with Crippen molar-refractivity contribution in [3.63, 3.8) is 0 Å². The van der Waals surface area contributed by atoms with Gasteiger partial charge in [0.25, 0.3) is 0 Å². The summed E-state index contributed by atoms with van der Waals surface area (Å²) >= 11 is 0. The van der Waals surface area contributed by atoms with Gasteiger partial charge in [0.1, 0.15) is 5.78 Å². The van der Waals surface area contributed by atoms with Crippen molar-refractivity contribution in [2.24, 2.45) is 11.3 Å². The van der Waals surface area contributed by atoms with E-state index in [1.807, 2.05) is 20.8 Å². The Balaban J connectivity index is 2.56.